The Kier molecular flexibility index (Phi) is 9.08. The molecule has 0 fully saturated rings. The molecule has 0 bridgehead atoms. The maximum atomic E-state index is 13.5. The first-order valence-electron chi connectivity index (χ1n) is 11.5. The van der Waals surface area contributed by atoms with E-state index >= 15 is 0 Å². The third kappa shape index (κ3) is 8.78. The Bertz CT molecular complexity index is 848. The normalized spacial score (nSPS) is 13.0. The van der Waals surface area contributed by atoms with Crippen LogP contribution in [0.5, 0.6) is 0 Å². The number of carbonyl (C=O) groups excluding carboxylic acids is 2. The van der Waals surface area contributed by atoms with Crippen LogP contribution in [0.25, 0.3) is 0 Å². The molecule has 0 N–H and O–H groups in total. The van der Waals surface area contributed by atoms with Crippen LogP contribution in [-0.2, 0) is 22.7 Å². The van der Waals surface area contributed by atoms with Crippen molar-refractivity contribution in [3.63, 3.8) is 0 Å². The van der Waals surface area contributed by atoms with E-state index < -0.39 is 5.54 Å². The Morgan fingerprint density at radius 1 is 0.906 bits per heavy atom. The van der Waals surface area contributed by atoms with Crippen molar-refractivity contribution in [1.82, 2.24) is 9.80 Å². The zero-order valence-corrected chi connectivity index (χ0v) is 21.7. The van der Waals surface area contributed by atoms with Gasteiger partial charge < -0.3 is 9.80 Å². The number of nitrogens with zero attached hydrogens (tertiary/aromatic N) is 2. The van der Waals surface area contributed by atoms with E-state index in [1.807, 2.05) is 67.4 Å². The number of rotatable bonds is 9. The largest absolute Gasteiger partial charge is 0.332 e. The molecule has 1 heterocycles. The molecular weight excluding hydrogens is 416 g/mol. The quantitative estimate of drug-likeness (QED) is 0.440. The monoisotopic (exact) mass is 456 g/mol. The van der Waals surface area contributed by atoms with Crippen molar-refractivity contribution in [2.75, 3.05) is 6.54 Å². The summed E-state index contributed by atoms with van der Waals surface area (Å²) in [6.07, 6.45) is 1.44. The Balaban J connectivity index is 2.17. The molecule has 0 aliphatic carbocycles. The minimum Gasteiger partial charge on any atom is -0.332 e. The van der Waals surface area contributed by atoms with Crippen LogP contribution < -0.4 is 0 Å². The van der Waals surface area contributed by atoms with Gasteiger partial charge in [-0.3, -0.25) is 9.59 Å². The summed E-state index contributed by atoms with van der Waals surface area (Å²) in [7, 11) is 0. The van der Waals surface area contributed by atoms with E-state index in [4.69, 9.17) is 0 Å². The first-order chi connectivity index (χ1) is 14.8. The number of thiophene rings is 1. The third-order valence-electron chi connectivity index (χ3n) is 5.38. The maximum absolute atomic E-state index is 13.5. The smallest absolute Gasteiger partial charge is 0.242 e. The lowest BCUT2D eigenvalue weighted by atomic mass is 9.84. The average molecular weight is 457 g/mol. The summed E-state index contributed by atoms with van der Waals surface area (Å²) in [5, 5.41) is 2.03. The molecule has 1 aromatic carbocycles. The van der Waals surface area contributed by atoms with Crippen molar-refractivity contribution in [2.24, 2.45) is 11.3 Å². The van der Waals surface area contributed by atoms with E-state index in [2.05, 4.69) is 33.8 Å². The zero-order valence-electron chi connectivity index (χ0n) is 20.9. The van der Waals surface area contributed by atoms with Gasteiger partial charge in [0.1, 0.15) is 6.54 Å². The van der Waals surface area contributed by atoms with E-state index in [9.17, 15) is 9.59 Å². The van der Waals surface area contributed by atoms with Crippen LogP contribution in [0.2, 0.25) is 0 Å². The van der Waals surface area contributed by atoms with E-state index in [0.717, 1.165) is 16.9 Å². The Labute approximate surface area is 198 Å². The average Bonchev–Trinajstić information content (AvgIpc) is 3.16. The first-order valence-corrected chi connectivity index (χ1v) is 12.4. The van der Waals surface area contributed by atoms with Crippen molar-refractivity contribution in [3.8, 4) is 0 Å². The van der Waals surface area contributed by atoms with Crippen LogP contribution >= 0.6 is 11.3 Å². The highest BCUT2D eigenvalue weighted by Gasteiger charge is 2.31. The lowest BCUT2D eigenvalue weighted by Gasteiger charge is -2.37. The van der Waals surface area contributed by atoms with Crippen molar-refractivity contribution in [1.29, 1.82) is 0 Å². The van der Waals surface area contributed by atoms with Gasteiger partial charge in [-0.05, 0) is 55.5 Å². The van der Waals surface area contributed by atoms with Crippen LogP contribution in [0.15, 0.2) is 47.8 Å². The molecule has 5 heteroatoms. The molecule has 0 radical (unpaired) electrons. The molecule has 1 unspecified atom stereocenters. The number of amides is 2. The van der Waals surface area contributed by atoms with Gasteiger partial charge in [0.15, 0.2) is 0 Å². The predicted octanol–water partition coefficient (Wildman–Crippen LogP) is 6.37. The molecule has 0 spiro atoms. The Hall–Kier alpha value is -2.14. The fraction of sp³-hybridized carbons (Fsp3) is 0.556. The van der Waals surface area contributed by atoms with E-state index in [0.29, 0.717) is 19.5 Å². The van der Waals surface area contributed by atoms with Gasteiger partial charge in [0.25, 0.3) is 0 Å². The molecule has 0 aliphatic rings. The van der Waals surface area contributed by atoms with E-state index in [1.54, 1.807) is 16.2 Å². The number of benzene rings is 1. The SMILES string of the molecule is CC(CC(=O)N(CC(=O)N(Cc1ccccc1)Cc1cccs1)C(C)(C)C)CC(C)(C)C. The summed E-state index contributed by atoms with van der Waals surface area (Å²) in [5.41, 5.74) is 0.843. The number of hydrogen-bond acceptors (Lipinski definition) is 3. The second-order valence-electron chi connectivity index (χ2n) is 11.0. The van der Waals surface area contributed by atoms with Crippen molar-refractivity contribution in [2.45, 2.75) is 79.9 Å². The van der Waals surface area contributed by atoms with Crippen LogP contribution in [0.1, 0.15) is 71.7 Å². The van der Waals surface area contributed by atoms with Crippen LogP contribution in [0.3, 0.4) is 0 Å². The number of hydrogen-bond donors (Lipinski definition) is 0. The molecule has 1 atom stereocenters. The molecule has 0 saturated heterocycles. The predicted molar refractivity (Wildman–Crippen MR) is 134 cm³/mol. The fourth-order valence-electron chi connectivity index (χ4n) is 4.09. The molecule has 0 saturated carbocycles. The molecule has 2 amide bonds. The summed E-state index contributed by atoms with van der Waals surface area (Å²) in [5.74, 6) is 0.307. The van der Waals surface area contributed by atoms with E-state index in [1.165, 1.54) is 0 Å². The van der Waals surface area contributed by atoms with Crippen LogP contribution in [0, 0.1) is 11.3 Å². The zero-order chi connectivity index (χ0) is 23.9. The molecule has 4 nitrogen and oxygen atoms in total. The van der Waals surface area contributed by atoms with Gasteiger partial charge in [0.05, 0.1) is 6.54 Å². The summed E-state index contributed by atoms with van der Waals surface area (Å²) in [6.45, 7) is 15.9. The summed E-state index contributed by atoms with van der Waals surface area (Å²) < 4.78 is 0. The van der Waals surface area contributed by atoms with Gasteiger partial charge in [0, 0.05) is 23.4 Å². The first kappa shape index (κ1) is 26.1. The van der Waals surface area contributed by atoms with Gasteiger partial charge in [-0.15, -0.1) is 11.3 Å². The van der Waals surface area contributed by atoms with Crippen molar-refractivity contribution in [3.05, 3.63) is 58.3 Å². The van der Waals surface area contributed by atoms with Gasteiger partial charge in [0.2, 0.25) is 11.8 Å². The van der Waals surface area contributed by atoms with Crippen molar-refractivity contribution >= 4 is 23.2 Å². The van der Waals surface area contributed by atoms with Crippen LogP contribution in [0.4, 0.5) is 0 Å². The molecule has 2 aromatic rings. The number of carbonyl (C=O) groups is 2. The van der Waals surface area contributed by atoms with Gasteiger partial charge >= 0.3 is 0 Å². The second kappa shape index (κ2) is 11.1. The molecule has 0 aliphatic heterocycles. The Morgan fingerprint density at radius 3 is 2.09 bits per heavy atom. The lowest BCUT2D eigenvalue weighted by molar-refractivity contribution is -0.146. The van der Waals surface area contributed by atoms with Crippen LogP contribution in [-0.4, -0.2) is 33.7 Å². The summed E-state index contributed by atoms with van der Waals surface area (Å²) >= 11 is 1.65. The van der Waals surface area contributed by atoms with Gasteiger partial charge in [-0.25, -0.2) is 0 Å². The van der Waals surface area contributed by atoms with Gasteiger partial charge in [-0.2, -0.15) is 0 Å². The topological polar surface area (TPSA) is 40.6 Å². The van der Waals surface area contributed by atoms with Crippen molar-refractivity contribution < 1.29 is 9.59 Å². The maximum Gasteiger partial charge on any atom is 0.242 e. The highest BCUT2D eigenvalue weighted by atomic mass is 32.1. The Morgan fingerprint density at radius 2 is 1.56 bits per heavy atom. The van der Waals surface area contributed by atoms with E-state index in [-0.39, 0.29) is 29.7 Å². The highest BCUT2D eigenvalue weighted by molar-refractivity contribution is 7.09. The molecular formula is C27H40N2O2S. The third-order valence-corrected chi connectivity index (χ3v) is 6.25. The summed E-state index contributed by atoms with van der Waals surface area (Å²) in [6, 6.07) is 14.1. The minimum atomic E-state index is -0.421. The molecule has 32 heavy (non-hydrogen) atoms. The lowest BCUT2D eigenvalue weighted by Crippen LogP contribution is -2.51. The standard InChI is InChI=1S/C27H40N2O2S/c1-21(17-26(2,3)4)16-24(30)29(27(5,6)7)20-25(31)28(19-23-14-11-15-32-23)18-22-12-9-8-10-13-22/h8-15,21H,16-20H2,1-7H3. The van der Waals surface area contributed by atoms with Gasteiger partial charge in [-0.1, -0.05) is 64.1 Å². The minimum absolute atomic E-state index is 0.0194. The second-order valence-corrected chi connectivity index (χ2v) is 12.1. The highest BCUT2D eigenvalue weighted by Crippen LogP contribution is 2.27. The molecule has 1 aromatic heterocycles. The fourth-order valence-corrected chi connectivity index (χ4v) is 4.81. The molecule has 2 rings (SSSR count). The summed E-state index contributed by atoms with van der Waals surface area (Å²) in [4.78, 5) is 31.5. The molecule has 176 valence electrons.